The first-order valence-electron chi connectivity index (χ1n) is 8.93. The van der Waals surface area contributed by atoms with E-state index in [4.69, 9.17) is 9.57 Å². The van der Waals surface area contributed by atoms with E-state index in [0.717, 1.165) is 18.4 Å². The number of ether oxygens (including phenoxy) is 1. The van der Waals surface area contributed by atoms with E-state index in [2.05, 4.69) is 0 Å². The molecule has 0 saturated carbocycles. The minimum Gasteiger partial charge on any atom is -0.442 e. The fourth-order valence-corrected chi connectivity index (χ4v) is 2.27. The Morgan fingerprint density at radius 1 is 1.16 bits per heavy atom. The molecule has 0 aliphatic heterocycles. The van der Waals surface area contributed by atoms with Crippen molar-refractivity contribution in [2.24, 2.45) is 0 Å². The largest absolute Gasteiger partial charge is 0.442 e. The monoisotopic (exact) mass is 349 g/mol. The SMILES string of the molecule is CCCCC(=O)C[C@@H](C)N(OCc1ccccc1)C(=O)OC(C)(C)C. The van der Waals surface area contributed by atoms with Gasteiger partial charge in [0.1, 0.15) is 18.0 Å². The first kappa shape index (κ1) is 21.2. The maximum absolute atomic E-state index is 12.5. The summed E-state index contributed by atoms with van der Waals surface area (Å²) in [5.74, 6) is 0.131. The van der Waals surface area contributed by atoms with Crippen molar-refractivity contribution in [2.75, 3.05) is 0 Å². The van der Waals surface area contributed by atoms with Crippen LogP contribution in [0.2, 0.25) is 0 Å². The van der Waals surface area contributed by atoms with Crippen molar-refractivity contribution in [1.82, 2.24) is 5.06 Å². The van der Waals surface area contributed by atoms with Crippen LogP contribution in [0.4, 0.5) is 4.79 Å². The Hall–Kier alpha value is -1.88. The van der Waals surface area contributed by atoms with Gasteiger partial charge in [-0.25, -0.2) is 4.79 Å². The summed E-state index contributed by atoms with van der Waals surface area (Å²) in [6, 6.07) is 9.20. The van der Waals surface area contributed by atoms with Gasteiger partial charge in [-0.2, -0.15) is 5.06 Å². The van der Waals surface area contributed by atoms with Crippen molar-refractivity contribution in [3.8, 4) is 0 Å². The van der Waals surface area contributed by atoms with Crippen molar-refractivity contribution < 1.29 is 19.2 Å². The van der Waals surface area contributed by atoms with Crippen LogP contribution < -0.4 is 0 Å². The smallest absolute Gasteiger partial charge is 0.434 e. The average Bonchev–Trinajstić information content (AvgIpc) is 2.52. The van der Waals surface area contributed by atoms with E-state index < -0.39 is 11.7 Å². The molecule has 0 aliphatic carbocycles. The summed E-state index contributed by atoms with van der Waals surface area (Å²) in [4.78, 5) is 30.3. The molecule has 0 aliphatic rings. The van der Waals surface area contributed by atoms with Crippen molar-refractivity contribution >= 4 is 11.9 Å². The van der Waals surface area contributed by atoms with Gasteiger partial charge in [-0.3, -0.25) is 9.63 Å². The van der Waals surface area contributed by atoms with Crippen molar-refractivity contribution in [1.29, 1.82) is 0 Å². The van der Waals surface area contributed by atoms with Crippen LogP contribution in [0.3, 0.4) is 0 Å². The molecule has 0 N–H and O–H groups in total. The molecule has 1 aromatic carbocycles. The summed E-state index contributed by atoms with van der Waals surface area (Å²) in [6.45, 7) is 9.51. The Balaban J connectivity index is 2.75. The molecule has 0 unspecified atom stereocenters. The number of nitrogens with zero attached hydrogens (tertiary/aromatic N) is 1. The number of hydrogen-bond acceptors (Lipinski definition) is 4. The molecule has 140 valence electrons. The molecule has 0 fully saturated rings. The predicted octanol–water partition coefficient (Wildman–Crippen LogP) is 4.89. The van der Waals surface area contributed by atoms with Crippen LogP contribution in [0.25, 0.3) is 0 Å². The van der Waals surface area contributed by atoms with Gasteiger partial charge in [0.15, 0.2) is 0 Å². The number of ketones is 1. The lowest BCUT2D eigenvalue weighted by Gasteiger charge is -2.30. The Bertz CT molecular complexity index is 536. The van der Waals surface area contributed by atoms with E-state index in [0.29, 0.717) is 6.42 Å². The standard InChI is InChI=1S/C20H31NO4/c1-6-7-13-18(22)14-16(2)21(19(23)25-20(3,4)5)24-15-17-11-9-8-10-12-17/h8-12,16H,6-7,13-15H2,1-5H3/t16-/m1/s1. The normalized spacial score (nSPS) is 12.5. The number of rotatable bonds is 9. The van der Waals surface area contributed by atoms with E-state index in [1.807, 2.05) is 37.3 Å². The summed E-state index contributed by atoms with van der Waals surface area (Å²) >= 11 is 0. The molecule has 0 heterocycles. The van der Waals surface area contributed by atoms with Crippen LogP contribution in [-0.2, 0) is 21.0 Å². The zero-order valence-corrected chi connectivity index (χ0v) is 16.1. The van der Waals surface area contributed by atoms with E-state index in [-0.39, 0.29) is 24.9 Å². The van der Waals surface area contributed by atoms with Gasteiger partial charge in [0, 0.05) is 12.8 Å². The van der Waals surface area contributed by atoms with Crippen LogP contribution in [0.1, 0.15) is 65.9 Å². The number of hydroxylamine groups is 2. The van der Waals surface area contributed by atoms with Crippen molar-refractivity contribution in [2.45, 2.75) is 78.6 Å². The van der Waals surface area contributed by atoms with Gasteiger partial charge in [-0.15, -0.1) is 0 Å². The van der Waals surface area contributed by atoms with Gasteiger partial charge >= 0.3 is 6.09 Å². The number of hydrogen-bond donors (Lipinski definition) is 0. The first-order valence-corrected chi connectivity index (χ1v) is 8.93. The molecule has 1 atom stereocenters. The van der Waals surface area contributed by atoms with Crippen LogP contribution in [-0.4, -0.2) is 28.6 Å². The number of carbonyl (C=O) groups is 2. The summed E-state index contributed by atoms with van der Waals surface area (Å²) in [5.41, 5.74) is 0.317. The average molecular weight is 349 g/mol. The van der Waals surface area contributed by atoms with Crippen LogP contribution in [0.5, 0.6) is 0 Å². The number of benzene rings is 1. The van der Waals surface area contributed by atoms with Gasteiger partial charge in [0.05, 0.1) is 6.04 Å². The maximum atomic E-state index is 12.5. The number of amides is 1. The number of Topliss-reactive ketones (excluding diaryl/α,β-unsaturated/α-hetero) is 1. The highest BCUT2D eigenvalue weighted by molar-refractivity contribution is 5.79. The minimum atomic E-state index is -0.628. The first-order chi connectivity index (χ1) is 11.7. The lowest BCUT2D eigenvalue weighted by Crippen LogP contribution is -2.42. The van der Waals surface area contributed by atoms with Gasteiger partial charge < -0.3 is 4.74 Å². The molecule has 25 heavy (non-hydrogen) atoms. The van der Waals surface area contributed by atoms with Gasteiger partial charge in [-0.1, -0.05) is 43.7 Å². The van der Waals surface area contributed by atoms with Crippen LogP contribution >= 0.6 is 0 Å². The van der Waals surface area contributed by atoms with E-state index in [1.54, 1.807) is 27.7 Å². The molecule has 0 bridgehead atoms. The molecular weight excluding hydrogens is 318 g/mol. The maximum Gasteiger partial charge on any atom is 0.434 e. The third-order valence-corrected chi connectivity index (χ3v) is 3.52. The second kappa shape index (κ2) is 10.2. The summed E-state index contributed by atoms with van der Waals surface area (Å²) in [7, 11) is 0. The summed E-state index contributed by atoms with van der Waals surface area (Å²) in [5, 5.41) is 1.20. The number of carbonyl (C=O) groups excluding carboxylic acids is 2. The highest BCUT2D eigenvalue weighted by atomic mass is 16.7. The van der Waals surface area contributed by atoms with E-state index in [1.165, 1.54) is 5.06 Å². The van der Waals surface area contributed by atoms with E-state index in [9.17, 15) is 9.59 Å². The molecule has 0 spiro atoms. The lowest BCUT2D eigenvalue weighted by molar-refractivity contribution is -0.178. The predicted molar refractivity (Wildman–Crippen MR) is 97.9 cm³/mol. The Labute approximate surface area is 151 Å². The molecule has 1 amide bonds. The Kier molecular flexibility index (Phi) is 8.62. The fourth-order valence-electron chi connectivity index (χ4n) is 2.27. The zero-order chi connectivity index (χ0) is 18.9. The molecule has 0 aromatic heterocycles. The molecule has 5 nitrogen and oxygen atoms in total. The highest BCUT2D eigenvalue weighted by Crippen LogP contribution is 2.16. The Morgan fingerprint density at radius 2 is 1.80 bits per heavy atom. The zero-order valence-electron chi connectivity index (χ0n) is 16.1. The molecular formula is C20H31NO4. The van der Waals surface area contributed by atoms with Gasteiger partial charge in [-0.05, 0) is 39.7 Å². The summed E-state index contributed by atoms with van der Waals surface area (Å²) in [6.07, 6.45) is 2.05. The van der Waals surface area contributed by atoms with Crippen LogP contribution in [0.15, 0.2) is 30.3 Å². The quantitative estimate of drug-likeness (QED) is 0.595. The molecule has 0 radical (unpaired) electrons. The second-order valence-electron chi connectivity index (χ2n) is 7.26. The van der Waals surface area contributed by atoms with Crippen molar-refractivity contribution in [3.63, 3.8) is 0 Å². The highest BCUT2D eigenvalue weighted by Gasteiger charge is 2.28. The molecule has 1 rings (SSSR count). The third-order valence-electron chi connectivity index (χ3n) is 3.52. The van der Waals surface area contributed by atoms with Crippen LogP contribution in [0, 0.1) is 0 Å². The van der Waals surface area contributed by atoms with E-state index >= 15 is 0 Å². The number of unbranched alkanes of at least 4 members (excludes halogenated alkanes) is 1. The van der Waals surface area contributed by atoms with Crippen molar-refractivity contribution in [3.05, 3.63) is 35.9 Å². The van der Waals surface area contributed by atoms with Gasteiger partial charge in [0.2, 0.25) is 0 Å². The molecule has 5 heteroatoms. The molecule has 0 saturated heterocycles. The Morgan fingerprint density at radius 3 is 2.36 bits per heavy atom. The topological polar surface area (TPSA) is 55.8 Å². The molecule has 1 aromatic rings. The third kappa shape index (κ3) is 8.68. The second-order valence-corrected chi connectivity index (χ2v) is 7.26. The summed E-state index contributed by atoms with van der Waals surface area (Å²) < 4.78 is 5.42. The fraction of sp³-hybridized carbons (Fsp3) is 0.600. The minimum absolute atomic E-state index is 0.131. The van der Waals surface area contributed by atoms with Gasteiger partial charge in [0.25, 0.3) is 0 Å². The lowest BCUT2D eigenvalue weighted by atomic mass is 10.1.